The normalized spacial score (nSPS) is 11.4. The summed E-state index contributed by atoms with van der Waals surface area (Å²) in [6, 6.07) is 5.81. The fourth-order valence-corrected chi connectivity index (χ4v) is 1.39. The SMILES string of the molecule is COS(=O)(=O)c1ccc(N)cc1. The fraction of sp³-hybridized carbons (Fsp3) is 0.143. The Labute approximate surface area is 71.1 Å². The van der Waals surface area contributed by atoms with Gasteiger partial charge in [0.25, 0.3) is 10.1 Å². The van der Waals surface area contributed by atoms with Gasteiger partial charge in [-0.1, -0.05) is 0 Å². The number of rotatable bonds is 2. The molecule has 0 saturated carbocycles. The number of nitrogen functional groups attached to an aromatic ring is 1. The van der Waals surface area contributed by atoms with E-state index in [2.05, 4.69) is 4.18 Å². The van der Waals surface area contributed by atoms with Crippen molar-refractivity contribution in [1.82, 2.24) is 0 Å². The number of hydrogen-bond acceptors (Lipinski definition) is 4. The summed E-state index contributed by atoms with van der Waals surface area (Å²) in [6.07, 6.45) is 0. The minimum atomic E-state index is -3.57. The lowest BCUT2D eigenvalue weighted by atomic mass is 10.3. The molecule has 0 amide bonds. The quantitative estimate of drug-likeness (QED) is 0.544. The molecule has 0 aromatic heterocycles. The maximum atomic E-state index is 11.0. The van der Waals surface area contributed by atoms with E-state index in [0.29, 0.717) is 5.69 Å². The molecule has 4 nitrogen and oxygen atoms in total. The van der Waals surface area contributed by atoms with Gasteiger partial charge in [0.05, 0.1) is 12.0 Å². The molecule has 0 bridgehead atoms. The Bertz CT molecular complexity index is 355. The van der Waals surface area contributed by atoms with Gasteiger partial charge in [-0.15, -0.1) is 0 Å². The summed E-state index contributed by atoms with van der Waals surface area (Å²) in [5, 5.41) is 0. The summed E-state index contributed by atoms with van der Waals surface area (Å²) >= 11 is 0. The average molecular weight is 187 g/mol. The third-order valence-electron chi connectivity index (χ3n) is 1.39. The van der Waals surface area contributed by atoms with Gasteiger partial charge in [0.1, 0.15) is 0 Å². The standard InChI is InChI=1S/C7H9NO3S/c1-11-12(9,10)7-4-2-6(8)3-5-7/h2-5H,8H2,1H3. The van der Waals surface area contributed by atoms with Crippen molar-refractivity contribution in [2.45, 2.75) is 4.90 Å². The van der Waals surface area contributed by atoms with Gasteiger partial charge in [-0.2, -0.15) is 8.42 Å². The van der Waals surface area contributed by atoms with Gasteiger partial charge in [0, 0.05) is 5.69 Å². The second kappa shape index (κ2) is 3.12. The van der Waals surface area contributed by atoms with Crippen molar-refractivity contribution in [3.05, 3.63) is 24.3 Å². The van der Waals surface area contributed by atoms with E-state index in [1.165, 1.54) is 24.3 Å². The largest absolute Gasteiger partial charge is 0.399 e. The van der Waals surface area contributed by atoms with Gasteiger partial charge >= 0.3 is 0 Å². The lowest BCUT2D eigenvalue weighted by Gasteiger charge is -2.00. The summed E-state index contributed by atoms with van der Waals surface area (Å²) < 4.78 is 26.4. The molecule has 2 N–H and O–H groups in total. The van der Waals surface area contributed by atoms with Crippen LogP contribution in [0, 0.1) is 0 Å². The summed E-state index contributed by atoms with van der Waals surface area (Å²) in [5.41, 5.74) is 5.89. The van der Waals surface area contributed by atoms with Crippen LogP contribution in [-0.2, 0) is 14.3 Å². The Morgan fingerprint density at radius 2 is 1.75 bits per heavy atom. The molecule has 12 heavy (non-hydrogen) atoms. The van der Waals surface area contributed by atoms with E-state index in [1.54, 1.807) is 0 Å². The predicted molar refractivity (Wildman–Crippen MR) is 45.0 cm³/mol. The molecule has 0 heterocycles. The van der Waals surface area contributed by atoms with E-state index >= 15 is 0 Å². The minimum Gasteiger partial charge on any atom is -0.399 e. The van der Waals surface area contributed by atoms with Crippen molar-refractivity contribution in [2.24, 2.45) is 0 Å². The molecule has 1 rings (SSSR count). The molecule has 0 atom stereocenters. The minimum absolute atomic E-state index is 0.110. The first-order chi connectivity index (χ1) is 5.56. The average Bonchev–Trinajstić information content (AvgIpc) is 2.05. The van der Waals surface area contributed by atoms with Crippen LogP contribution >= 0.6 is 0 Å². The molecule has 1 aromatic carbocycles. The molecule has 0 saturated heterocycles. The molecule has 0 spiro atoms. The number of hydrogen-bond donors (Lipinski definition) is 1. The summed E-state index contributed by atoms with van der Waals surface area (Å²) in [6.45, 7) is 0. The Morgan fingerprint density at radius 1 is 1.25 bits per heavy atom. The lowest BCUT2D eigenvalue weighted by Crippen LogP contribution is -2.02. The Morgan fingerprint density at radius 3 is 2.17 bits per heavy atom. The third-order valence-corrected chi connectivity index (χ3v) is 2.68. The first kappa shape index (κ1) is 9.02. The highest BCUT2D eigenvalue weighted by atomic mass is 32.2. The van der Waals surface area contributed by atoms with Crippen LogP contribution in [0.4, 0.5) is 5.69 Å². The van der Waals surface area contributed by atoms with E-state index in [-0.39, 0.29) is 4.90 Å². The number of nitrogens with two attached hydrogens (primary N) is 1. The Kier molecular flexibility index (Phi) is 2.35. The van der Waals surface area contributed by atoms with Gasteiger partial charge in [0.15, 0.2) is 0 Å². The van der Waals surface area contributed by atoms with Crippen LogP contribution in [0.25, 0.3) is 0 Å². The maximum absolute atomic E-state index is 11.0. The van der Waals surface area contributed by atoms with Crippen molar-refractivity contribution in [3.8, 4) is 0 Å². The molecule has 1 aromatic rings. The first-order valence-electron chi connectivity index (χ1n) is 3.22. The highest BCUT2D eigenvalue weighted by Crippen LogP contribution is 2.12. The lowest BCUT2D eigenvalue weighted by molar-refractivity contribution is 0.398. The molecular weight excluding hydrogens is 178 g/mol. The maximum Gasteiger partial charge on any atom is 0.296 e. The van der Waals surface area contributed by atoms with E-state index in [0.717, 1.165) is 7.11 Å². The third kappa shape index (κ3) is 1.75. The number of anilines is 1. The van der Waals surface area contributed by atoms with Crippen molar-refractivity contribution in [2.75, 3.05) is 12.8 Å². The van der Waals surface area contributed by atoms with Gasteiger partial charge in [0.2, 0.25) is 0 Å². The first-order valence-corrected chi connectivity index (χ1v) is 4.63. The summed E-state index contributed by atoms with van der Waals surface area (Å²) in [4.78, 5) is 0.110. The molecule has 66 valence electrons. The van der Waals surface area contributed by atoms with E-state index in [4.69, 9.17) is 5.73 Å². The van der Waals surface area contributed by atoms with Crippen LogP contribution in [-0.4, -0.2) is 15.5 Å². The highest BCUT2D eigenvalue weighted by Gasteiger charge is 2.11. The van der Waals surface area contributed by atoms with Gasteiger partial charge in [-0.05, 0) is 24.3 Å². The smallest absolute Gasteiger partial charge is 0.296 e. The van der Waals surface area contributed by atoms with Crippen molar-refractivity contribution in [3.63, 3.8) is 0 Å². The molecular formula is C7H9NO3S. The van der Waals surface area contributed by atoms with Crippen LogP contribution < -0.4 is 5.73 Å². The van der Waals surface area contributed by atoms with Crippen LogP contribution in [0.15, 0.2) is 29.2 Å². The monoisotopic (exact) mass is 187 g/mol. The van der Waals surface area contributed by atoms with Crippen molar-refractivity contribution < 1.29 is 12.6 Å². The summed E-state index contributed by atoms with van der Waals surface area (Å²) in [7, 11) is -2.45. The van der Waals surface area contributed by atoms with E-state index in [9.17, 15) is 8.42 Å². The Balaban J connectivity index is 3.14. The zero-order valence-electron chi connectivity index (χ0n) is 6.52. The second-order valence-corrected chi connectivity index (χ2v) is 3.90. The van der Waals surface area contributed by atoms with Gasteiger partial charge in [-0.25, -0.2) is 0 Å². The molecule has 0 aliphatic heterocycles. The van der Waals surface area contributed by atoms with Crippen LogP contribution in [0.2, 0.25) is 0 Å². The zero-order valence-corrected chi connectivity index (χ0v) is 7.34. The Hall–Kier alpha value is -1.07. The number of benzene rings is 1. The molecule has 0 unspecified atom stereocenters. The second-order valence-electron chi connectivity index (χ2n) is 2.19. The van der Waals surface area contributed by atoms with Crippen LogP contribution in [0.1, 0.15) is 0 Å². The van der Waals surface area contributed by atoms with Gasteiger partial charge in [-0.3, -0.25) is 4.18 Å². The van der Waals surface area contributed by atoms with Gasteiger partial charge < -0.3 is 5.73 Å². The van der Waals surface area contributed by atoms with E-state index < -0.39 is 10.1 Å². The van der Waals surface area contributed by atoms with Crippen molar-refractivity contribution in [1.29, 1.82) is 0 Å². The fourth-order valence-electron chi connectivity index (χ4n) is 0.731. The summed E-state index contributed by atoms with van der Waals surface area (Å²) in [5.74, 6) is 0. The molecule has 0 fully saturated rings. The van der Waals surface area contributed by atoms with Crippen LogP contribution in [0.3, 0.4) is 0 Å². The molecule has 0 radical (unpaired) electrons. The van der Waals surface area contributed by atoms with E-state index in [1.807, 2.05) is 0 Å². The molecule has 0 aliphatic rings. The topological polar surface area (TPSA) is 69.4 Å². The van der Waals surface area contributed by atoms with Crippen LogP contribution in [0.5, 0.6) is 0 Å². The molecule has 5 heteroatoms. The van der Waals surface area contributed by atoms with Crippen molar-refractivity contribution >= 4 is 15.8 Å². The zero-order chi connectivity index (χ0) is 9.19. The molecule has 0 aliphatic carbocycles. The predicted octanol–water partition coefficient (Wildman–Crippen LogP) is 0.604. The highest BCUT2D eigenvalue weighted by molar-refractivity contribution is 7.86.